The molecule has 0 saturated heterocycles. The highest BCUT2D eigenvalue weighted by atomic mass is 35.5. The quantitative estimate of drug-likeness (QED) is 0.855. The molecule has 0 amide bonds. The van der Waals surface area contributed by atoms with E-state index in [1.165, 1.54) is 0 Å². The third-order valence-corrected chi connectivity index (χ3v) is 3.71. The molecule has 0 fully saturated rings. The van der Waals surface area contributed by atoms with Gasteiger partial charge in [-0.15, -0.1) is 0 Å². The molecular weight excluding hydrogens is 250 g/mol. The number of ketones is 1. The number of carbonyl (C=O) groups excluding carboxylic acids is 1. The van der Waals surface area contributed by atoms with Crippen molar-refractivity contribution < 1.29 is 9.53 Å². The fourth-order valence-corrected chi connectivity index (χ4v) is 2.01. The number of hydrogen-bond acceptors (Lipinski definition) is 3. The second kappa shape index (κ2) is 5.72. The minimum Gasteiger partial charge on any atom is -0.496 e. The summed E-state index contributed by atoms with van der Waals surface area (Å²) < 4.78 is 5.28. The Bertz CT molecular complexity index is 469. The average molecular weight is 270 g/mol. The molecule has 0 aliphatic heterocycles. The largest absolute Gasteiger partial charge is 0.496 e. The Kier molecular flexibility index (Phi) is 4.77. The Labute approximate surface area is 113 Å². The zero-order valence-electron chi connectivity index (χ0n) is 11.5. The summed E-state index contributed by atoms with van der Waals surface area (Å²) in [6, 6.07) is 1.23. The average Bonchev–Trinajstić information content (AvgIpc) is 2.33. The van der Waals surface area contributed by atoms with E-state index in [0.717, 1.165) is 11.1 Å². The van der Waals surface area contributed by atoms with Gasteiger partial charge in [-0.2, -0.15) is 0 Å². The van der Waals surface area contributed by atoms with Crippen molar-refractivity contribution in [2.45, 2.75) is 33.7 Å². The van der Waals surface area contributed by atoms with Crippen LogP contribution in [-0.2, 0) is 0 Å². The highest BCUT2D eigenvalue weighted by Gasteiger charge is 2.25. The highest BCUT2D eigenvalue weighted by Crippen LogP contribution is 2.32. The number of ether oxygens (including phenoxy) is 1. The fourth-order valence-electron chi connectivity index (χ4n) is 1.86. The number of Topliss-reactive ketones (excluding diaryl/α,β-unsaturated/α-hetero) is 1. The first-order chi connectivity index (χ1) is 8.31. The van der Waals surface area contributed by atoms with Gasteiger partial charge in [0.2, 0.25) is 0 Å². The minimum absolute atomic E-state index is 0.0710. The van der Waals surface area contributed by atoms with E-state index in [4.69, 9.17) is 22.1 Å². The van der Waals surface area contributed by atoms with Crippen molar-refractivity contribution in [1.82, 2.24) is 0 Å². The molecule has 18 heavy (non-hydrogen) atoms. The molecular formula is C14H20ClNO2. The lowest BCUT2D eigenvalue weighted by Crippen LogP contribution is -2.36. The molecule has 0 heterocycles. The Morgan fingerprint density at radius 3 is 2.39 bits per heavy atom. The van der Waals surface area contributed by atoms with Crippen LogP contribution < -0.4 is 10.5 Å². The summed E-state index contributed by atoms with van der Waals surface area (Å²) in [6.07, 6.45) is 0. The first-order valence-corrected chi connectivity index (χ1v) is 6.32. The zero-order valence-corrected chi connectivity index (χ0v) is 12.3. The van der Waals surface area contributed by atoms with Gasteiger partial charge in [0.1, 0.15) is 5.75 Å². The van der Waals surface area contributed by atoms with Crippen molar-refractivity contribution in [2.75, 3.05) is 7.11 Å². The number of carbonyl (C=O) groups is 1. The van der Waals surface area contributed by atoms with Crippen LogP contribution in [0.1, 0.15) is 35.3 Å². The topological polar surface area (TPSA) is 52.3 Å². The molecule has 3 nitrogen and oxygen atoms in total. The number of benzene rings is 1. The summed E-state index contributed by atoms with van der Waals surface area (Å²) in [5.74, 6) is 0.485. The summed E-state index contributed by atoms with van der Waals surface area (Å²) in [5, 5.41) is 0.593. The number of rotatable bonds is 4. The van der Waals surface area contributed by atoms with Crippen molar-refractivity contribution in [3.05, 3.63) is 27.8 Å². The molecule has 100 valence electrons. The Hall–Kier alpha value is -1.06. The molecule has 4 heteroatoms. The van der Waals surface area contributed by atoms with Crippen LogP contribution in [-0.4, -0.2) is 18.9 Å². The lowest BCUT2D eigenvalue weighted by Gasteiger charge is -2.19. The lowest BCUT2D eigenvalue weighted by molar-refractivity contribution is 0.0937. The van der Waals surface area contributed by atoms with Gasteiger partial charge in [0.15, 0.2) is 5.78 Å². The molecule has 1 unspecified atom stereocenters. The molecule has 1 atom stereocenters. The van der Waals surface area contributed by atoms with E-state index in [-0.39, 0.29) is 11.7 Å². The standard InChI is InChI=1S/C14H20ClNO2/c1-7(2)13(16)14(17)11-9(4)12(15)8(3)6-10(11)18-5/h6-7,13H,16H2,1-5H3. The molecule has 2 N–H and O–H groups in total. The molecule has 0 aromatic heterocycles. The Morgan fingerprint density at radius 1 is 1.39 bits per heavy atom. The zero-order chi connectivity index (χ0) is 14.0. The summed E-state index contributed by atoms with van der Waals surface area (Å²) in [4.78, 5) is 12.4. The maximum atomic E-state index is 12.4. The van der Waals surface area contributed by atoms with E-state index < -0.39 is 6.04 Å². The van der Waals surface area contributed by atoms with Crippen molar-refractivity contribution in [2.24, 2.45) is 11.7 Å². The molecule has 1 aromatic rings. The first kappa shape index (κ1) is 15.0. The lowest BCUT2D eigenvalue weighted by atomic mass is 9.91. The van der Waals surface area contributed by atoms with Crippen LogP contribution in [0.4, 0.5) is 0 Å². The molecule has 0 aliphatic rings. The SMILES string of the molecule is COc1cc(C)c(Cl)c(C)c1C(=O)C(N)C(C)C. The van der Waals surface area contributed by atoms with Gasteiger partial charge in [0, 0.05) is 5.02 Å². The summed E-state index contributed by atoms with van der Waals surface area (Å²) >= 11 is 6.19. The van der Waals surface area contributed by atoms with Crippen LogP contribution in [0.25, 0.3) is 0 Å². The van der Waals surface area contributed by atoms with Crippen molar-refractivity contribution in [1.29, 1.82) is 0 Å². The van der Waals surface area contributed by atoms with Crippen LogP contribution in [0.2, 0.25) is 5.02 Å². The van der Waals surface area contributed by atoms with Crippen LogP contribution in [0, 0.1) is 19.8 Å². The number of aryl methyl sites for hydroxylation is 1. The van der Waals surface area contributed by atoms with E-state index in [0.29, 0.717) is 16.3 Å². The van der Waals surface area contributed by atoms with Crippen LogP contribution in [0.3, 0.4) is 0 Å². The molecule has 1 rings (SSSR count). The van der Waals surface area contributed by atoms with Gasteiger partial charge in [-0.1, -0.05) is 25.4 Å². The van der Waals surface area contributed by atoms with Gasteiger partial charge in [-0.05, 0) is 37.0 Å². The van der Waals surface area contributed by atoms with Crippen molar-refractivity contribution in [3.63, 3.8) is 0 Å². The minimum atomic E-state index is -0.545. The van der Waals surface area contributed by atoms with E-state index in [2.05, 4.69) is 0 Å². The van der Waals surface area contributed by atoms with E-state index >= 15 is 0 Å². The molecule has 0 radical (unpaired) electrons. The molecule has 0 bridgehead atoms. The van der Waals surface area contributed by atoms with Crippen LogP contribution in [0.5, 0.6) is 5.75 Å². The number of hydrogen-bond donors (Lipinski definition) is 1. The van der Waals surface area contributed by atoms with Gasteiger partial charge < -0.3 is 10.5 Å². The molecule has 0 saturated carbocycles. The van der Waals surface area contributed by atoms with E-state index in [1.807, 2.05) is 27.7 Å². The van der Waals surface area contributed by atoms with Gasteiger partial charge in [0.05, 0.1) is 18.7 Å². The third kappa shape index (κ3) is 2.68. The Morgan fingerprint density at radius 2 is 1.94 bits per heavy atom. The maximum Gasteiger partial charge on any atom is 0.183 e. The number of methoxy groups -OCH3 is 1. The van der Waals surface area contributed by atoms with E-state index in [1.54, 1.807) is 13.2 Å². The molecule has 0 spiro atoms. The molecule has 0 aliphatic carbocycles. The van der Waals surface area contributed by atoms with Crippen LogP contribution >= 0.6 is 11.6 Å². The first-order valence-electron chi connectivity index (χ1n) is 5.94. The van der Waals surface area contributed by atoms with Crippen molar-refractivity contribution >= 4 is 17.4 Å². The smallest absolute Gasteiger partial charge is 0.183 e. The van der Waals surface area contributed by atoms with Gasteiger partial charge >= 0.3 is 0 Å². The van der Waals surface area contributed by atoms with Gasteiger partial charge in [0.25, 0.3) is 0 Å². The normalized spacial score (nSPS) is 12.7. The number of halogens is 1. The highest BCUT2D eigenvalue weighted by molar-refractivity contribution is 6.32. The second-order valence-electron chi connectivity index (χ2n) is 4.84. The monoisotopic (exact) mass is 269 g/mol. The van der Waals surface area contributed by atoms with E-state index in [9.17, 15) is 4.79 Å². The second-order valence-corrected chi connectivity index (χ2v) is 5.22. The van der Waals surface area contributed by atoms with Crippen molar-refractivity contribution in [3.8, 4) is 5.75 Å². The predicted octanol–water partition coefficient (Wildman–Crippen LogP) is 3.13. The fraction of sp³-hybridized carbons (Fsp3) is 0.500. The maximum absolute atomic E-state index is 12.4. The Balaban J connectivity index is 3.39. The summed E-state index contributed by atoms with van der Waals surface area (Å²) in [5.41, 5.74) is 8.04. The number of nitrogens with two attached hydrogens (primary N) is 1. The van der Waals surface area contributed by atoms with Crippen LogP contribution in [0.15, 0.2) is 6.07 Å². The van der Waals surface area contributed by atoms with Gasteiger partial charge in [-0.25, -0.2) is 0 Å². The molecule has 1 aromatic carbocycles. The summed E-state index contributed by atoms with van der Waals surface area (Å²) in [7, 11) is 1.54. The summed E-state index contributed by atoms with van der Waals surface area (Å²) in [6.45, 7) is 7.53. The predicted molar refractivity (Wildman–Crippen MR) is 74.6 cm³/mol. The third-order valence-electron chi connectivity index (χ3n) is 3.13. The van der Waals surface area contributed by atoms with Gasteiger partial charge in [-0.3, -0.25) is 4.79 Å².